The first-order valence-corrected chi connectivity index (χ1v) is 8.35. The first kappa shape index (κ1) is 15.9. The number of ketones is 1. The van der Waals surface area contributed by atoms with Gasteiger partial charge in [0.1, 0.15) is 0 Å². The van der Waals surface area contributed by atoms with Crippen molar-refractivity contribution in [3.8, 4) is 11.1 Å². The van der Waals surface area contributed by atoms with Crippen LogP contribution in [0.1, 0.15) is 42.1 Å². The fourth-order valence-corrected chi connectivity index (χ4v) is 3.54. The SMILES string of the molecule is COCc1nn2c3c(nnc2c1-c1ccccc1)C(=O)CC(C)(C)C3. The lowest BCUT2D eigenvalue weighted by molar-refractivity contribution is 0.0901. The van der Waals surface area contributed by atoms with Crippen molar-refractivity contribution in [2.75, 3.05) is 7.11 Å². The molecule has 0 saturated carbocycles. The van der Waals surface area contributed by atoms with Gasteiger partial charge in [-0.15, -0.1) is 10.2 Å². The second-order valence-electron chi connectivity index (χ2n) is 7.29. The van der Waals surface area contributed by atoms with Crippen molar-refractivity contribution >= 4 is 11.4 Å². The van der Waals surface area contributed by atoms with Crippen molar-refractivity contribution in [3.63, 3.8) is 0 Å². The number of benzene rings is 1. The maximum atomic E-state index is 12.5. The number of carbonyl (C=O) groups excluding carboxylic acids is 1. The second-order valence-corrected chi connectivity index (χ2v) is 7.29. The summed E-state index contributed by atoms with van der Waals surface area (Å²) in [6.45, 7) is 4.56. The van der Waals surface area contributed by atoms with Gasteiger partial charge in [0.15, 0.2) is 17.1 Å². The third kappa shape index (κ3) is 2.62. The van der Waals surface area contributed by atoms with Crippen LogP contribution >= 0.6 is 0 Å². The molecule has 0 atom stereocenters. The van der Waals surface area contributed by atoms with Gasteiger partial charge in [0, 0.05) is 13.5 Å². The number of rotatable bonds is 3. The molecule has 0 saturated heterocycles. The predicted molar refractivity (Wildman–Crippen MR) is 93.4 cm³/mol. The van der Waals surface area contributed by atoms with Crippen LogP contribution in [0.2, 0.25) is 0 Å². The first-order chi connectivity index (χ1) is 12.0. The third-order valence-electron chi connectivity index (χ3n) is 4.60. The summed E-state index contributed by atoms with van der Waals surface area (Å²) in [6.07, 6.45) is 1.22. The quantitative estimate of drug-likeness (QED) is 0.735. The molecule has 6 nitrogen and oxygen atoms in total. The highest BCUT2D eigenvalue weighted by Gasteiger charge is 2.35. The fraction of sp³-hybridized carbons (Fsp3) is 0.368. The molecule has 0 aliphatic heterocycles. The van der Waals surface area contributed by atoms with Crippen LogP contribution in [0.25, 0.3) is 16.8 Å². The molecule has 0 N–H and O–H groups in total. The van der Waals surface area contributed by atoms with E-state index in [1.807, 2.05) is 30.3 Å². The van der Waals surface area contributed by atoms with Gasteiger partial charge >= 0.3 is 0 Å². The monoisotopic (exact) mass is 336 g/mol. The van der Waals surface area contributed by atoms with E-state index in [1.54, 1.807) is 11.6 Å². The van der Waals surface area contributed by atoms with Gasteiger partial charge in [-0.2, -0.15) is 5.10 Å². The number of hydrogen-bond donors (Lipinski definition) is 0. The van der Waals surface area contributed by atoms with Gasteiger partial charge in [0.05, 0.1) is 23.6 Å². The molecule has 3 aromatic rings. The van der Waals surface area contributed by atoms with Gasteiger partial charge in [0.25, 0.3) is 0 Å². The van der Waals surface area contributed by atoms with Crippen molar-refractivity contribution in [1.82, 2.24) is 19.8 Å². The predicted octanol–water partition coefficient (Wildman–Crippen LogP) is 3.09. The Kier molecular flexibility index (Phi) is 3.65. The Bertz CT molecular complexity index is 960. The zero-order valence-corrected chi connectivity index (χ0v) is 14.6. The number of hydrogen-bond acceptors (Lipinski definition) is 5. The smallest absolute Gasteiger partial charge is 0.185 e. The molecule has 0 unspecified atom stereocenters. The molecule has 2 heterocycles. The highest BCUT2D eigenvalue weighted by atomic mass is 16.5. The molecule has 0 fully saturated rings. The molecular formula is C19H20N4O2. The van der Waals surface area contributed by atoms with Gasteiger partial charge in [-0.3, -0.25) is 4.79 Å². The van der Waals surface area contributed by atoms with Gasteiger partial charge in [-0.05, 0) is 17.4 Å². The van der Waals surface area contributed by atoms with Crippen molar-refractivity contribution in [1.29, 1.82) is 0 Å². The molecular weight excluding hydrogens is 316 g/mol. The minimum Gasteiger partial charge on any atom is -0.378 e. The van der Waals surface area contributed by atoms with Crippen LogP contribution in [0.3, 0.4) is 0 Å². The van der Waals surface area contributed by atoms with E-state index in [-0.39, 0.29) is 11.2 Å². The van der Waals surface area contributed by atoms with E-state index in [0.29, 0.717) is 24.4 Å². The maximum absolute atomic E-state index is 12.5. The van der Waals surface area contributed by atoms with Crippen LogP contribution in [0, 0.1) is 5.41 Å². The summed E-state index contributed by atoms with van der Waals surface area (Å²) >= 11 is 0. The number of nitrogens with zero attached hydrogens (tertiary/aromatic N) is 4. The summed E-state index contributed by atoms with van der Waals surface area (Å²) in [5.74, 6) is 0.0331. The van der Waals surface area contributed by atoms with Crippen molar-refractivity contribution in [2.24, 2.45) is 5.41 Å². The largest absolute Gasteiger partial charge is 0.378 e. The molecule has 0 bridgehead atoms. The number of carbonyl (C=O) groups is 1. The van der Waals surface area contributed by atoms with E-state index in [1.165, 1.54) is 0 Å². The molecule has 1 aromatic carbocycles. The molecule has 2 aromatic heterocycles. The topological polar surface area (TPSA) is 69.4 Å². The maximum Gasteiger partial charge on any atom is 0.185 e. The number of aromatic nitrogens is 4. The normalized spacial score (nSPS) is 16.2. The molecule has 0 amide bonds. The Morgan fingerprint density at radius 2 is 1.92 bits per heavy atom. The van der Waals surface area contributed by atoms with Gasteiger partial charge in [-0.1, -0.05) is 44.2 Å². The minimum absolute atomic E-state index is 0.0331. The van der Waals surface area contributed by atoms with Crippen LogP contribution in [0.4, 0.5) is 0 Å². The van der Waals surface area contributed by atoms with Crippen molar-refractivity contribution in [3.05, 3.63) is 47.4 Å². The lowest BCUT2D eigenvalue weighted by Crippen LogP contribution is -2.30. The van der Waals surface area contributed by atoms with Crippen LogP contribution < -0.4 is 0 Å². The molecule has 0 spiro atoms. The Morgan fingerprint density at radius 3 is 2.64 bits per heavy atom. The highest BCUT2D eigenvalue weighted by molar-refractivity contribution is 5.97. The summed E-state index contributed by atoms with van der Waals surface area (Å²) < 4.78 is 7.12. The molecule has 25 heavy (non-hydrogen) atoms. The summed E-state index contributed by atoms with van der Waals surface area (Å²) in [5.41, 5.74) is 4.56. The number of fused-ring (bicyclic) bond motifs is 3. The average Bonchev–Trinajstić information content (AvgIpc) is 2.93. The lowest BCUT2D eigenvalue weighted by atomic mass is 9.77. The van der Waals surface area contributed by atoms with E-state index >= 15 is 0 Å². The van der Waals surface area contributed by atoms with Gasteiger partial charge in [0.2, 0.25) is 0 Å². The standard InChI is InChI=1S/C19H20N4O2/c1-19(2)9-14-17(15(24)10-19)20-21-18-16(12-7-5-4-6-8-12)13(11-25-3)22-23(14)18/h4-8H,9-11H2,1-3H3. The number of Topliss-reactive ketones (excluding diaryl/α,β-unsaturated/α-hetero) is 1. The molecule has 128 valence electrons. The zero-order valence-electron chi connectivity index (χ0n) is 14.6. The van der Waals surface area contributed by atoms with Crippen molar-refractivity contribution < 1.29 is 9.53 Å². The van der Waals surface area contributed by atoms with Gasteiger partial charge < -0.3 is 4.74 Å². The lowest BCUT2D eigenvalue weighted by Gasteiger charge is -2.29. The number of ether oxygens (including phenoxy) is 1. The van der Waals surface area contributed by atoms with E-state index < -0.39 is 0 Å². The second kappa shape index (κ2) is 5.74. The molecule has 4 rings (SSSR count). The third-order valence-corrected chi connectivity index (χ3v) is 4.60. The van der Waals surface area contributed by atoms with Gasteiger partial charge in [-0.25, -0.2) is 4.52 Å². The molecule has 0 radical (unpaired) electrons. The Hall–Kier alpha value is -2.60. The summed E-state index contributed by atoms with van der Waals surface area (Å²) in [5, 5.41) is 13.3. The van der Waals surface area contributed by atoms with Crippen molar-refractivity contribution in [2.45, 2.75) is 33.3 Å². The minimum atomic E-state index is -0.111. The average molecular weight is 336 g/mol. The van der Waals surface area contributed by atoms with Crippen LogP contribution in [-0.4, -0.2) is 32.7 Å². The van der Waals surface area contributed by atoms with E-state index in [0.717, 1.165) is 28.9 Å². The molecule has 1 aliphatic rings. The van der Waals surface area contributed by atoms with Crippen LogP contribution in [0.15, 0.2) is 30.3 Å². The summed E-state index contributed by atoms with van der Waals surface area (Å²) in [4.78, 5) is 12.5. The highest BCUT2D eigenvalue weighted by Crippen LogP contribution is 2.35. The molecule has 6 heteroatoms. The van der Waals surface area contributed by atoms with Crippen LogP contribution in [-0.2, 0) is 17.8 Å². The Balaban J connectivity index is 2.01. The summed E-state index contributed by atoms with van der Waals surface area (Å²) in [7, 11) is 1.65. The Morgan fingerprint density at radius 1 is 1.16 bits per heavy atom. The van der Waals surface area contributed by atoms with E-state index in [4.69, 9.17) is 9.84 Å². The number of methoxy groups -OCH3 is 1. The van der Waals surface area contributed by atoms with E-state index in [2.05, 4.69) is 24.0 Å². The summed E-state index contributed by atoms with van der Waals surface area (Å²) in [6, 6.07) is 9.97. The fourth-order valence-electron chi connectivity index (χ4n) is 3.54. The van der Waals surface area contributed by atoms with Crippen LogP contribution in [0.5, 0.6) is 0 Å². The first-order valence-electron chi connectivity index (χ1n) is 8.35. The van der Waals surface area contributed by atoms with E-state index in [9.17, 15) is 4.79 Å². The molecule has 1 aliphatic carbocycles. The Labute approximate surface area is 145 Å². The zero-order chi connectivity index (χ0) is 17.6.